The van der Waals surface area contributed by atoms with Gasteiger partial charge in [-0.2, -0.15) is 4.99 Å². The van der Waals surface area contributed by atoms with Crippen molar-refractivity contribution in [2.24, 2.45) is 4.99 Å². The smallest absolute Gasteiger partial charge is 0.359 e. The summed E-state index contributed by atoms with van der Waals surface area (Å²) in [5, 5.41) is 0. The number of rotatable bonds is 4. The molecule has 0 aromatic rings. The van der Waals surface area contributed by atoms with E-state index in [0.29, 0.717) is 0 Å². The molecule has 0 bridgehead atoms. The van der Waals surface area contributed by atoms with Crippen LogP contribution in [-0.4, -0.2) is 37.7 Å². The van der Waals surface area contributed by atoms with Crippen molar-refractivity contribution in [3.63, 3.8) is 0 Å². The minimum Gasteiger partial charge on any atom is -0.461 e. The van der Waals surface area contributed by atoms with Crippen LogP contribution in [0.1, 0.15) is 6.92 Å². The van der Waals surface area contributed by atoms with E-state index in [2.05, 4.69) is 9.73 Å². The van der Waals surface area contributed by atoms with E-state index in [-0.39, 0.29) is 12.3 Å². The van der Waals surface area contributed by atoms with Crippen LogP contribution in [-0.2, 0) is 14.3 Å². The Hall–Kier alpha value is -1.61. The van der Waals surface area contributed by atoms with Crippen LogP contribution in [0.2, 0.25) is 0 Å². The van der Waals surface area contributed by atoms with Crippen LogP contribution in [0, 0.1) is 0 Å². The maximum atomic E-state index is 11.1. The summed E-state index contributed by atoms with van der Waals surface area (Å²) in [4.78, 5) is 25.8. The first-order chi connectivity index (χ1) is 6.11. The molecule has 0 N–H and O–H groups in total. The third kappa shape index (κ3) is 4.76. The molecule has 0 radical (unpaired) electrons. The summed E-state index contributed by atoms with van der Waals surface area (Å²) in [6.45, 7) is 1.92. The topological polar surface area (TPSA) is 59.0 Å². The van der Waals surface area contributed by atoms with E-state index in [1.54, 1.807) is 25.9 Å². The normalized spacial score (nSPS) is 10.2. The Morgan fingerprint density at radius 3 is 2.62 bits per heavy atom. The van der Waals surface area contributed by atoms with E-state index >= 15 is 0 Å². The van der Waals surface area contributed by atoms with Gasteiger partial charge in [0.2, 0.25) is 6.08 Å². The zero-order valence-electron chi connectivity index (χ0n) is 7.90. The molecule has 0 saturated heterocycles. The molecule has 0 heterocycles. The fourth-order valence-corrected chi connectivity index (χ4v) is 0.626. The van der Waals surface area contributed by atoms with Crippen molar-refractivity contribution >= 4 is 12.0 Å². The number of esters is 1. The molecule has 0 aliphatic heterocycles. The molecular weight excluding hydrogens is 172 g/mol. The van der Waals surface area contributed by atoms with Crippen molar-refractivity contribution in [1.29, 1.82) is 0 Å². The molecule has 0 aliphatic rings. The van der Waals surface area contributed by atoms with E-state index < -0.39 is 5.97 Å². The predicted molar refractivity (Wildman–Crippen MR) is 46.5 cm³/mol. The maximum absolute atomic E-state index is 11.1. The molecule has 0 aromatic heterocycles. The molecule has 0 aromatic carbocycles. The zero-order valence-corrected chi connectivity index (χ0v) is 7.90. The van der Waals surface area contributed by atoms with Gasteiger partial charge in [-0.25, -0.2) is 9.59 Å². The summed E-state index contributed by atoms with van der Waals surface area (Å²) in [5.74, 6) is -0.625. The SMILES string of the molecule is CCOC(=O)C(=CN(C)C)N=C=O. The monoisotopic (exact) mass is 184 g/mol. The Labute approximate surface area is 76.7 Å². The highest BCUT2D eigenvalue weighted by Gasteiger charge is 2.09. The maximum Gasteiger partial charge on any atom is 0.359 e. The van der Waals surface area contributed by atoms with Crippen molar-refractivity contribution in [1.82, 2.24) is 4.90 Å². The quantitative estimate of drug-likeness (QED) is 0.272. The van der Waals surface area contributed by atoms with Gasteiger partial charge < -0.3 is 9.64 Å². The van der Waals surface area contributed by atoms with Crippen LogP contribution in [0.4, 0.5) is 0 Å². The molecule has 5 nitrogen and oxygen atoms in total. The standard InChI is InChI=1S/C8H12N2O3/c1-4-13-8(12)7(9-6-11)5-10(2)3/h5H,4H2,1-3H3. The number of ether oxygens (including phenoxy) is 1. The molecule has 0 spiro atoms. The van der Waals surface area contributed by atoms with Crippen LogP contribution in [0.15, 0.2) is 16.9 Å². The predicted octanol–water partition coefficient (Wildman–Crippen LogP) is 0.288. The molecular formula is C8H12N2O3. The van der Waals surface area contributed by atoms with Gasteiger partial charge in [0.1, 0.15) is 0 Å². The Kier molecular flexibility index (Phi) is 5.23. The summed E-state index contributed by atoms with van der Waals surface area (Å²) in [6.07, 6.45) is 2.68. The van der Waals surface area contributed by atoms with Gasteiger partial charge >= 0.3 is 5.97 Å². The lowest BCUT2D eigenvalue weighted by Crippen LogP contribution is -2.11. The van der Waals surface area contributed by atoms with Gasteiger partial charge in [-0.3, -0.25) is 0 Å². The lowest BCUT2D eigenvalue weighted by molar-refractivity contribution is -0.138. The highest BCUT2D eigenvalue weighted by molar-refractivity contribution is 5.88. The first kappa shape index (κ1) is 11.4. The summed E-state index contributed by atoms with van der Waals surface area (Å²) in [6, 6.07) is 0. The molecule has 0 rings (SSSR count). The minimum absolute atomic E-state index is 0.0538. The van der Waals surface area contributed by atoms with E-state index in [9.17, 15) is 9.59 Å². The summed E-state index contributed by atoms with van der Waals surface area (Å²) >= 11 is 0. The number of hydrogen-bond donors (Lipinski definition) is 0. The average Bonchev–Trinajstić information content (AvgIpc) is 2.03. The van der Waals surface area contributed by atoms with Crippen LogP contribution in [0.25, 0.3) is 0 Å². The molecule has 0 amide bonds. The molecule has 0 unspecified atom stereocenters. The third-order valence-corrected chi connectivity index (χ3v) is 1.03. The highest BCUT2D eigenvalue weighted by Crippen LogP contribution is 1.99. The van der Waals surface area contributed by atoms with Gasteiger partial charge in [0.05, 0.1) is 6.61 Å². The first-order valence-corrected chi connectivity index (χ1v) is 3.75. The van der Waals surface area contributed by atoms with Crippen molar-refractivity contribution in [3.05, 3.63) is 11.9 Å². The summed E-state index contributed by atoms with van der Waals surface area (Å²) < 4.78 is 4.65. The lowest BCUT2D eigenvalue weighted by Gasteiger charge is -2.06. The Balaban J connectivity index is 4.60. The minimum atomic E-state index is -0.625. The van der Waals surface area contributed by atoms with E-state index in [0.717, 1.165) is 0 Å². The molecule has 0 aliphatic carbocycles. The van der Waals surface area contributed by atoms with Gasteiger partial charge in [-0.1, -0.05) is 0 Å². The number of aliphatic imine (C=N–C) groups is 1. The number of carbonyl (C=O) groups is 1. The van der Waals surface area contributed by atoms with Gasteiger partial charge in [-0.05, 0) is 6.92 Å². The zero-order chi connectivity index (χ0) is 10.3. The highest BCUT2D eigenvalue weighted by atomic mass is 16.5. The van der Waals surface area contributed by atoms with Crippen LogP contribution in [0.3, 0.4) is 0 Å². The second kappa shape index (κ2) is 5.97. The van der Waals surface area contributed by atoms with E-state index in [1.807, 2.05) is 0 Å². The van der Waals surface area contributed by atoms with Crippen LogP contribution in [0.5, 0.6) is 0 Å². The summed E-state index contributed by atoms with van der Waals surface area (Å²) in [7, 11) is 3.42. The second-order valence-corrected chi connectivity index (χ2v) is 2.40. The largest absolute Gasteiger partial charge is 0.461 e. The van der Waals surface area contributed by atoms with E-state index in [4.69, 9.17) is 0 Å². The van der Waals surface area contributed by atoms with Gasteiger partial charge in [-0.15, -0.1) is 0 Å². The molecule has 13 heavy (non-hydrogen) atoms. The number of nitrogens with zero attached hydrogens (tertiary/aromatic N) is 2. The van der Waals surface area contributed by atoms with Crippen molar-refractivity contribution in [3.8, 4) is 0 Å². The molecule has 5 heteroatoms. The van der Waals surface area contributed by atoms with Gasteiger partial charge in [0, 0.05) is 20.3 Å². The number of isocyanates is 1. The molecule has 0 saturated carbocycles. The van der Waals surface area contributed by atoms with Crippen molar-refractivity contribution < 1.29 is 14.3 Å². The Morgan fingerprint density at radius 1 is 1.62 bits per heavy atom. The summed E-state index contributed by atoms with van der Waals surface area (Å²) in [5.41, 5.74) is -0.0538. The van der Waals surface area contributed by atoms with Crippen molar-refractivity contribution in [2.75, 3.05) is 20.7 Å². The van der Waals surface area contributed by atoms with Crippen molar-refractivity contribution in [2.45, 2.75) is 6.92 Å². The Morgan fingerprint density at radius 2 is 2.23 bits per heavy atom. The first-order valence-electron chi connectivity index (χ1n) is 3.75. The molecule has 0 fully saturated rings. The van der Waals surface area contributed by atoms with Crippen LogP contribution >= 0.6 is 0 Å². The third-order valence-electron chi connectivity index (χ3n) is 1.03. The number of carbonyl (C=O) groups excluding carboxylic acids is 2. The van der Waals surface area contributed by atoms with Gasteiger partial charge in [0.25, 0.3) is 0 Å². The number of hydrogen-bond acceptors (Lipinski definition) is 5. The molecule has 0 atom stereocenters. The Bertz CT molecular complexity index is 252. The lowest BCUT2D eigenvalue weighted by atomic mass is 10.5. The fraction of sp³-hybridized carbons (Fsp3) is 0.500. The molecule has 72 valence electrons. The van der Waals surface area contributed by atoms with E-state index in [1.165, 1.54) is 12.3 Å². The fourth-order valence-electron chi connectivity index (χ4n) is 0.626. The average molecular weight is 184 g/mol. The van der Waals surface area contributed by atoms with Crippen LogP contribution < -0.4 is 0 Å². The second-order valence-electron chi connectivity index (χ2n) is 2.40. The van der Waals surface area contributed by atoms with Gasteiger partial charge in [0.15, 0.2) is 5.70 Å².